The number of aliphatic carboxylic acids is 2. The molecule has 1 aliphatic heterocycles. The highest BCUT2D eigenvalue weighted by Gasteiger charge is 2.39. The van der Waals surface area contributed by atoms with Crippen LogP contribution in [0, 0.1) is 12.8 Å². The monoisotopic (exact) mass is 556 g/mol. The molecule has 37 heavy (non-hydrogen) atoms. The van der Waals surface area contributed by atoms with E-state index in [9.17, 15) is 31.1 Å². The summed E-state index contributed by atoms with van der Waals surface area (Å²) in [5.41, 5.74) is 2.21. The summed E-state index contributed by atoms with van der Waals surface area (Å²) in [7, 11) is 0. The zero-order chi connectivity index (χ0) is 28.0. The Kier molecular flexibility index (Phi) is 9.83. The van der Waals surface area contributed by atoms with Crippen molar-refractivity contribution in [3.05, 3.63) is 40.0 Å². The number of alkyl halides is 6. The van der Waals surface area contributed by atoms with E-state index < -0.39 is 24.3 Å². The molecule has 3 heterocycles. The van der Waals surface area contributed by atoms with Crippen LogP contribution < -0.4 is 4.90 Å². The third-order valence-corrected chi connectivity index (χ3v) is 5.73. The van der Waals surface area contributed by atoms with Gasteiger partial charge < -0.3 is 20.0 Å². The number of anilines is 1. The number of carbonyl (C=O) groups excluding carboxylic acids is 1. The summed E-state index contributed by atoms with van der Waals surface area (Å²) in [6, 6.07) is 4.04. The number of fused-ring (bicyclic) bond motifs is 1. The minimum absolute atomic E-state index is 0.267. The molecule has 0 aromatic carbocycles. The van der Waals surface area contributed by atoms with E-state index in [1.165, 1.54) is 0 Å². The van der Waals surface area contributed by atoms with Crippen LogP contribution >= 0.6 is 11.3 Å². The van der Waals surface area contributed by atoms with Gasteiger partial charge in [-0.15, -0.1) is 11.3 Å². The third kappa shape index (κ3) is 9.51. The molecular weight excluding hydrogens is 534 g/mol. The van der Waals surface area contributed by atoms with Crippen LogP contribution in [0.15, 0.2) is 23.7 Å². The first kappa shape index (κ1) is 29.8. The van der Waals surface area contributed by atoms with Crippen molar-refractivity contribution in [2.45, 2.75) is 45.2 Å². The molecule has 0 saturated heterocycles. The SMILES string of the molecule is Cc1nc(CN2CCN(C(=O)C3CC3)Cc3cccnc32)cs1.O=C(O)C(F)(F)F.O=C(O)C(F)(F)F. The van der Waals surface area contributed by atoms with E-state index in [1.807, 2.05) is 24.1 Å². The second-order valence-corrected chi connectivity index (χ2v) is 8.97. The molecule has 204 valence electrons. The van der Waals surface area contributed by atoms with Crippen molar-refractivity contribution < 1.29 is 50.9 Å². The van der Waals surface area contributed by atoms with Crippen molar-refractivity contribution in [3.63, 3.8) is 0 Å². The Morgan fingerprint density at radius 3 is 2.08 bits per heavy atom. The summed E-state index contributed by atoms with van der Waals surface area (Å²) < 4.78 is 63.5. The van der Waals surface area contributed by atoms with Crippen LogP contribution in [0.25, 0.3) is 0 Å². The second-order valence-electron chi connectivity index (χ2n) is 7.91. The number of halogens is 6. The molecule has 1 aliphatic carbocycles. The van der Waals surface area contributed by atoms with E-state index in [-0.39, 0.29) is 5.92 Å². The maximum absolute atomic E-state index is 12.5. The molecule has 0 atom stereocenters. The van der Waals surface area contributed by atoms with Crippen LogP contribution in [0.5, 0.6) is 0 Å². The van der Waals surface area contributed by atoms with Gasteiger partial charge in [-0.3, -0.25) is 4.79 Å². The molecule has 2 aromatic heterocycles. The lowest BCUT2D eigenvalue weighted by Crippen LogP contribution is -2.36. The number of carbonyl (C=O) groups is 3. The summed E-state index contributed by atoms with van der Waals surface area (Å²) in [5.74, 6) is -3.95. The molecule has 4 rings (SSSR count). The molecule has 2 aromatic rings. The predicted octanol–water partition coefficient (Wildman–Crippen LogP) is 3.87. The minimum Gasteiger partial charge on any atom is -0.475 e. The topological polar surface area (TPSA) is 124 Å². The van der Waals surface area contributed by atoms with Crippen LogP contribution in [-0.2, 0) is 27.5 Å². The largest absolute Gasteiger partial charge is 0.490 e. The van der Waals surface area contributed by atoms with E-state index in [4.69, 9.17) is 19.8 Å². The third-order valence-electron chi connectivity index (χ3n) is 4.91. The normalized spacial score (nSPS) is 15.3. The molecule has 1 fully saturated rings. The number of hydrogen-bond donors (Lipinski definition) is 2. The lowest BCUT2D eigenvalue weighted by atomic mass is 10.2. The molecule has 16 heteroatoms. The molecule has 0 radical (unpaired) electrons. The van der Waals surface area contributed by atoms with Crippen LogP contribution in [0.3, 0.4) is 0 Å². The highest BCUT2D eigenvalue weighted by atomic mass is 32.1. The van der Waals surface area contributed by atoms with E-state index >= 15 is 0 Å². The summed E-state index contributed by atoms with van der Waals surface area (Å²) in [5, 5.41) is 17.4. The molecular formula is C21H22F6N4O5S. The van der Waals surface area contributed by atoms with Gasteiger partial charge in [-0.1, -0.05) is 6.07 Å². The minimum atomic E-state index is -5.08. The lowest BCUT2D eigenvalue weighted by Gasteiger charge is -2.23. The fourth-order valence-corrected chi connectivity index (χ4v) is 3.68. The number of carboxylic acid groups (broad SMARTS) is 2. The van der Waals surface area contributed by atoms with Gasteiger partial charge in [-0.25, -0.2) is 19.6 Å². The Labute approximate surface area is 210 Å². The van der Waals surface area contributed by atoms with Crippen LogP contribution in [0.1, 0.15) is 29.1 Å². The van der Waals surface area contributed by atoms with Crippen LogP contribution in [0.2, 0.25) is 0 Å². The number of thiazole rings is 1. The van der Waals surface area contributed by atoms with Crippen molar-refractivity contribution in [3.8, 4) is 0 Å². The Balaban J connectivity index is 0.000000286. The van der Waals surface area contributed by atoms with Crippen molar-refractivity contribution in [2.24, 2.45) is 5.92 Å². The average molecular weight is 556 g/mol. The number of pyridine rings is 1. The van der Waals surface area contributed by atoms with Gasteiger partial charge in [0.25, 0.3) is 0 Å². The maximum atomic E-state index is 12.5. The number of nitrogens with zero attached hydrogens (tertiary/aromatic N) is 4. The maximum Gasteiger partial charge on any atom is 0.490 e. The van der Waals surface area contributed by atoms with Crippen molar-refractivity contribution in [2.75, 3.05) is 18.0 Å². The fraction of sp³-hybridized carbons (Fsp3) is 0.476. The number of hydrogen-bond acceptors (Lipinski definition) is 7. The van der Waals surface area contributed by atoms with Gasteiger partial charge in [-0.2, -0.15) is 26.3 Å². The van der Waals surface area contributed by atoms with Gasteiger partial charge in [0, 0.05) is 42.7 Å². The predicted molar refractivity (Wildman–Crippen MR) is 118 cm³/mol. The Morgan fingerprint density at radius 2 is 1.62 bits per heavy atom. The van der Waals surface area contributed by atoms with Crippen molar-refractivity contribution in [1.29, 1.82) is 0 Å². The molecule has 2 aliphatic rings. The molecule has 0 bridgehead atoms. The number of rotatable bonds is 3. The molecule has 1 amide bonds. The summed E-state index contributed by atoms with van der Waals surface area (Å²) in [4.78, 5) is 43.7. The molecule has 9 nitrogen and oxygen atoms in total. The first-order valence-electron chi connectivity index (χ1n) is 10.6. The van der Waals surface area contributed by atoms with Crippen LogP contribution in [-0.4, -0.2) is 68.4 Å². The second kappa shape index (κ2) is 12.2. The first-order valence-corrected chi connectivity index (χ1v) is 11.5. The first-order chi connectivity index (χ1) is 17.1. The van der Waals surface area contributed by atoms with Crippen molar-refractivity contribution in [1.82, 2.24) is 14.9 Å². The summed E-state index contributed by atoms with van der Waals surface area (Å²) in [6.07, 6.45) is -6.23. The smallest absolute Gasteiger partial charge is 0.475 e. The Hall–Kier alpha value is -3.43. The van der Waals surface area contributed by atoms with E-state index in [0.717, 1.165) is 54.6 Å². The number of aromatic nitrogens is 2. The van der Waals surface area contributed by atoms with Crippen molar-refractivity contribution >= 4 is 35.0 Å². The summed E-state index contributed by atoms with van der Waals surface area (Å²) in [6.45, 7) is 5.01. The van der Waals surface area contributed by atoms with E-state index in [0.29, 0.717) is 12.5 Å². The fourth-order valence-electron chi connectivity index (χ4n) is 3.08. The Bertz CT molecular complexity index is 1080. The van der Waals surface area contributed by atoms with E-state index in [2.05, 4.69) is 26.3 Å². The van der Waals surface area contributed by atoms with Gasteiger partial charge in [0.2, 0.25) is 5.91 Å². The van der Waals surface area contributed by atoms with Gasteiger partial charge >= 0.3 is 24.3 Å². The standard InChI is InChI=1S/C17H20N4OS.2C2HF3O2/c1-12-19-15(11-23-12)10-20-7-8-21(17(22)13-4-5-13)9-14-3-2-6-18-16(14)20;2*3-2(4,5)1(6)7/h2-3,6,11,13H,4-5,7-10H2,1H3;2*(H,6,7). The zero-order valence-corrected chi connectivity index (χ0v) is 20.0. The molecule has 1 saturated carbocycles. The highest BCUT2D eigenvalue weighted by molar-refractivity contribution is 7.09. The lowest BCUT2D eigenvalue weighted by molar-refractivity contribution is -0.193. The number of aryl methyl sites for hydroxylation is 1. The van der Waals surface area contributed by atoms with Crippen LogP contribution in [0.4, 0.5) is 32.2 Å². The number of amides is 1. The average Bonchev–Trinajstić information content (AvgIpc) is 3.58. The molecule has 0 spiro atoms. The van der Waals surface area contributed by atoms with Gasteiger partial charge in [0.15, 0.2) is 0 Å². The van der Waals surface area contributed by atoms with E-state index in [1.54, 1.807) is 11.3 Å². The van der Waals surface area contributed by atoms with Gasteiger partial charge in [-0.05, 0) is 25.8 Å². The quantitative estimate of drug-likeness (QED) is 0.547. The Morgan fingerprint density at radius 1 is 1.05 bits per heavy atom. The molecule has 0 unspecified atom stereocenters. The number of carboxylic acids is 2. The van der Waals surface area contributed by atoms with Gasteiger partial charge in [0.1, 0.15) is 5.82 Å². The summed E-state index contributed by atoms with van der Waals surface area (Å²) >= 11 is 1.67. The van der Waals surface area contributed by atoms with Gasteiger partial charge in [0.05, 0.1) is 17.2 Å². The molecule has 2 N–H and O–H groups in total. The highest BCUT2D eigenvalue weighted by Crippen LogP contribution is 2.33. The zero-order valence-electron chi connectivity index (χ0n) is 19.2.